The maximum absolute atomic E-state index is 12.3. The van der Waals surface area contributed by atoms with Gasteiger partial charge >= 0.3 is 0 Å². The number of imidazole rings is 1. The first kappa shape index (κ1) is 87.7. The highest BCUT2D eigenvalue weighted by molar-refractivity contribution is 6.08. The average Bonchev–Trinajstić information content (AvgIpc) is 1.65. The lowest BCUT2D eigenvalue weighted by atomic mass is 9.93. The number of fused-ring (bicyclic) bond motifs is 11. The zero-order chi connectivity index (χ0) is 86.5. The average molecular weight is 1660 g/mol. The number of piperidine rings is 1. The number of nitrogens with one attached hydrogen (secondary N) is 6. The van der Waals surface area contributed by atoms with Crippen LogP contribution in [-0.4, -0.2) is 151 Å². The normalized spacial score (nSPS) is 12.8. The molecule has 1 saturated heterocycles. The molecule has 0 aliphatic carbocycles. The molecule has 0 spiro atoms. The van der Waals surface area contributed by atoms with Gasteiger partial charge in [0.1, 0.15) is 66.5 Å². The predicted molar refractivity (Wildman–Crippen MR) is 497 cm³/mol. The molecule has 17 rings (SSSR count). The Morgan fingerprint density at radius 1 is 0.520 bits per heavy atom. The van der Waals surface area contributed by atoms with Crippen molar-refractivity contribution in [1.82, 2.24) is 64.5 Å². The van der Waals surface area contributed by atoms with Crippen molar-refractivity contribution in [2.24, 2.45) is 17.8 Å². The minimum atomic E-state index is -1.10. The zero-order valence-corrected chi connectivity index (χ0v) is 72.0. The molecule has 1 aliphatic rings. The number of hydrogen-bond donors (Lipinski definition) is 8. The van der Waals surface area contributed by atoms with Gasteiger partial charge in [-0.2, -0.15) is 4.98 Å². The zero-order valence-electron chi connectivity index (χ0n) is 72.0. The molecule has 0 radical (unpaired) electrons. The van der Waals surface area contributed by atoms with Crippen molar-refractivity contribution < 1.29 is 33.7 Å². The van der Waals surface area contributed by atoms with E-state index in [9.17, 15) is 24.2 Å². The van der Waals surface area contributed by atoms with Crippen LogP contribution < -0.4 is 35.6 Å². The number of amides is 1. The number of H-pyrrole nitrogens is 2. The molecule has 636 valence electrons. The third-order valence-electron chi connectivity index (χ3n) is 21.0. The van der Waals surface area contributed by atoms with Crippen LogP contribution in [0.5, 0.6) is 11.5 Å². The molecule has 1 amide bonds. The van der Waals surface area contributed by atoms with Gasteiger partial charge in [-0.3, -0.25) is 24.0 Å². The Labute approximate surface area is 717 Å². The number of carbonyl (C=O) groups excluding carboxylic acids is 2. The third-order valence-corrected chi connectivity index (χ3v) is 21.0. The number of hydrogen-bond acceptors (Lipinski definition) is 19. The lowest BCUT2D eigenvalue weighted by molar-refractivity contribution is -0.122. The quantitative estimate of drug-likeness (QED) is 0.0237. The standard InChI is InChI=1S/C22H27N3O2.C20H22FN3O2.C20H25N5O.C19H18N4.C18H20N2O/c1-15(2)4-7-18(26)14-27-19-8-10-20-16(12-19)5-9-21(25-20)17-6-11-22(23-3)24-13-17;1-13(2)23-20-8-4-15(11-22-20)19-6-3-14-9-17(5-7-18(14)24-19)26-12-16(25)10-21;1-14(2)21-19(26)13-15-7-10-24(11-8-15)18-9-12-25-17-6-4-3-5-16(17)22-20(25)23-18;1-12(2)22-19-6-4-14(10-21-19)13-3-5-15-16-11-20-8-7-17(16)23-18(15)9-13;1-12(2)9-14(21)5-3-13-4-6-15-16-11-19-8-7-17(16)20-18(15)10-13/h5-6,8-13,15,18,26H,4,7,14H2,1-3H3,(H,23,24);3-9,11,13,16,25H,10,12H2,1-2H3,(H,22,23);3-6,9,12,14-15H,7-8,10-11,13H2,1-2H3,(H,21,26);3-12,23H,1-2H3,(H,21,22);4,6-8,10-12,20H,3,5,9H2,1-2H3. The van der Waals surface area contributed by atoms with Gasteiger partial charge in [-0.05, 0) is 230 Å². The first-order valence-electron chi connectivity index (χ1n) is 42.6. The van der Waals surface area contributed by atoms with E-state index in [2.05, 4.69) is 187 Å². The second-order valence-corrected chi connectivity index (χ2v) is 33.1. The van der Waals surface area contributed by atoms with Gasteiger partial charge in [-0.1, -0.05) is 76.2 Å². The summed E-state index contributed by atoms with van der Waals surface area (Å²) in [5.41, 5.74) is 15.3. The summed E-state index contributed by atoms with van der Waals surface area (Å²) < 4.78 is 25.5. The largest absolute Gasteiger partial charge is 0.491 e. The number of alkyl halides is 1. The van der Waals surface area contributed by atoms with Crippen LogP contribution in [0.15, 0.2) is 225 Å². The molecule has 16 aromatic rings. The molecule has 11 aromatic heterocycles. The Balaban J connectivity index is 0.000000133. The first-order chi connectivity index (χ1) is 59.5. The summed E-state index contributed by atoms with van der Waals surface area (Å²) >= 11 is 0. The number of aliphatic hydroxyl groups is 2. The molecule has 123 heavy (non-hydrogen) atoms. The fourth-order valence-electron chi connectivity index (χ4n) is 14.8. The molecule has 5 aromatic carbocycles. The number of aryl methyl sites for hydroxylation is 1. The molecular formula is C99H112FN17O6. The second-order valence-electron chi connectivity index (χ2n) is 33.1. The predicted octanol–water partition coefficient (Wildman–Crippen LogP) is 20.2. The van der Waals surface area contributed by atoms with Gasteiger partial charge in [-0.25, -0.2) is 34.3 Å². The number of ether oxygens (including phenoxy) is 2. The molecule has 12 heterocycles. The third kappa shape index (κ3) is 24.2. The summed E-state index contributed by atoms with van der Waals surface area (Å²) in [6.45, 7) is 22.1. The fraction of sp³-hybridized carbons (Fsp3) is 0.323. The molecule has 1 fully saturated rings. The molecule has 0 bridgehead atoms. The van der Waals surface area contributed by atoms with Gasteiger partial charge in [-0.15, -0.1) is 0 Å². The molecule has 1 aliphatic heterocycles. The summed E-state index contributed by atoms with van der Waals surface area (Å²) in [5, 5.41) is 38.4. The minimum absolute atomic E-state index is 0.0735. The highest BCUT2D eigenvalue weighted by Gasteiger charge is 2.24. The fourth-order valence-corrected chi connectivity index (χ4v) is 14.8. The molecule has 8 N–H and O–H groups in total. The van der Waals surface area contributed by atoms with E-state index in [0.717, 1.165) is 179 Å². The highest BCUT2D eigenvalue weighted by atomic mass is 19.1. The smallest absolute Gasteiger partial charge is 0.236 e. The topological polar surface area (TPSA) is 296 Å². The SMILES string of the molecule is CC(C)CC(=O)CCc1ccc2c(c1)[nH]c1ccncc12.CC(C)NC(=O)CC1CCN(c2ccn3c(n2)nc2ccccc23)CC1.CC(C)Nc1ccc(-c2ccc3c(c2)[nH]c2ccncc23)cn1.CC(C)Nc1ccc(-c2ccc3cc(OCC(O)CF)ccc3n2)cn1.CNc1ccc(-c2ccc3cc(OCC(O)CCC(C)C)ccc3n2)cn1. The van der Waals surface area contributed by atoms with Gasteiger partial charge in [0.05, 0.1) is 39.6 Å². The van der Waals surface area contributed by atoms with Crippen molar-refractivity contribution in [3.05, 3.63) is 231 Å². The van der Waals surface area contributed by atoms with E-state index in [1.165, 1.54) is 16.3 Å². The summed E-state index contributed by atoms with van der Waals surface area (Å²) in [7, 11) is 1.85. The summed E-state index contributed by atoms with van der Waals surface area (Å²) in [4.78, 5) is 73.3. The van der Waals surface area contributed by atoms with E-state index in [1.54, 1.807) is 18.5 Å². The number of pyridine rings is 7. The van der Waals surface area contributed by atoms with Crippen LogP contribution in [0, 0.1) is 17.8 Å². The molecule has 2 unspecified atom stereocenters. The van der Waals surface area contributed by atoms with E-state index >= 15 is 0 Å². The summed E-state index contributed by atoms with van der Waals surface area (Å²) in [5.74, 6) is 7.62. The van der Waals surface area contributed by atoms with Crippen LogP contribution in [-0.2, 0) is 16.0 Å². The molecule has 0 saturated carbocycles. The van der Waals surface area contributed by atoms with Crippen molar-refractivity contribution >= 4 is 117 Å². The first-order valence-corrected chi connectivity index (χ1v) is 42.6. The van der Waals surface area contributed by atoms with Crippen LogP contribution in [0.25, 0.3) is 116 Å². The number of benzene rings is 5. The van der Waals surface area contributed by atoms with Gasteiger partial charge in [0.2, 0.25) is 11.7 Å². The highest BCUT2D eigenvalue weighted by Crippen LogP contribution is 2.33. The van der Waals surface area contributed by atoms with Crippen molar-refractivity contribution in [3.8, 4) is 45.1 Å². The van der Waals surface area contributed by atoms with E-state index in [4.69, 9.17) is 19.4 Å². The number of ketones is 1. The van der Waals surface area contributed by atoms with Gasteiger partial charge in [0.15, 0.2) is 0 Å². The lowest BCUT2D eigenvalue weighted by Gasteiger charge is -2.32. The number of Topliss-reactive ketones (excluding diaryl/α,β-unsaturated/α-hetero) is 1. The number of anilines is 4. The molecule has 2 atom stereocenters. The molecular weight excluding hydrogens is 1540 g/mol. The maximum Gasteiger partial charge on any atom is 0.236 e. The number of para-hydroxylation sites is 2. The van der Waals surface area contributed by atoms with E-state index in [1.807, 2.05) is 172 Å². The summed E-state index contributed by atoms with van der Waals surface area (Å²) in [6, 6.07) is 59.0. The molecule has 24 heteroatoms. The van der Waals surface area contributed by atoms with Crippen LogP contribution in [0.2, 0.25) is 0 Å². The monoisotopic (exact) mass is 1650 g/mol. The van der Waals surface area contributed by atoms with Gasteiger partial charge in [0, 0.05) is 178 Å². The molecule has 23 nitrogen and oxygen atoms in total. The van der Waals surface area contributed by atoms with E-state index < -0.39 is 18.9 Å². The number of aromatic amines is 2. The van der Waals surface area contributed by atoms with Crippen LogP contribution in [0.1, 0.15) is 120 Å². The Bertz CT molecular complexity index is 6170. The van der Waals surface area contributed by atoms with Crippen molar-refractivity contribution in [2.45, 2.75) is 151 Å². The summed E-state index contributed by atoms with van der Waals surface area (Å²) in [6.07, 6.45) is 20.0. The Morgan fingerprint density at radius 2 is 1.08 bits per heavy atom. The minimum Gasteiger partial charge on any atom is -0.491 e. The number of aromatic nitrogens is 12. The number of carbonyl (C=O) groups is 2. The van der Waals surface area contributed by atoms with E-state index in [-0.39, 0.29) is 18.6 Å². The Morgan fingerprint density at radius 3 is 1.63 bits per heavy atom. The Kier molecular flexibility index (Phi) is 29.9. The number of nitrogens with zero attached hydrogens (tertiary/aromatic N) is 11. The Hall–Kier alpha value is -13.1. The van der Waals surface area contributed by atoms with Crippen molar-refractivity contribution in [3.63, 3.8) is 0 Å². The maximum atomic E-state index is 12.3. The van der Waals surface area contributed by atoms with Crippen LogP contribution in [0.3, 0.4) is 0 Å². The van der Waals surface area contributed by atoms with Crippen LogP contribution in [0.4, 0.5) is 27.7 Å². The van der Waals surface area contributed by atoms with Gasteiger partial charge < -0.3 is 55.8 Å². The number of halogens is 1. The van der Waals surface area contributed by atoms with E-state index in [0.29, 0.717) is 67.2 Å². The number of rotatable bonds is 27. The second kappa shape index (κ2) is 42.0. The van der Waals surface area contributed by atoms with Gasteiger partial charge in [0.25, 0.3) is 0 Å². The van der Waals surface area contributed by atoms with Crippen LogP contribution >= 0.6 is 0 Å². The van der Waals surface area contributed by atoms with Crippen molar-refractivity contribution in [1.29, 1.82) is 0 Å². The number of aliphatic hydroxyl groups excluding tert-OH is 2. The van der Waals surface area contributed by atoms with Crippen molar-refractivity contribution in [2.75, 3.05) is 60.9 Å². The lowest BCUT2D eigenvalue weighted by Crippen LogP contribution is -2.37.